The van der Waals surface area contributed by atoms with Crippen molar-refractivity contribution < 1.29 is 22.0 Å². The van der Waals surface area contributed by atoms with Crippen LogP contribution in [0, 0.1) is 6.65 Å². The zero-order chi connectivity index (χ0) is 27.3. The Labute approximate surface area is 227 Å². The van der Waals surface area contributed by atoms with Crippen LogP contribution in [0.4, 0.5) is 0 Å². The maximum absolute atomic E-state index is 7.50. The average Bonchev–Trinajstić information content (AvgIpc) is 2.70. The Hall–Kier alpha value is 0.950. The molecule has 0 unspecified atom stereocenters. The number of benzene rings is 1. The predicted molar refractivity (Wildman–Crippen MR) is 158 cm³/mol. The second kappa shape index (κ2) is 26.0. The van der Waals surface area contributed by atoms with Gasteiger partial charge < -0.3 is 0 Å². The van der Waals surface area contributed by atoms with Crippen molar-refractivity contribution in [3.63, 3.8) is 0 Å². The van der Waals surface area contributed by atoms with Crippen molar-refractivity contribution >= 4 is 39.5 Å². The molecular weight excluding hydrogens is 567 g/mol. The first-order valence-corrected chi connectivity index (χ1v) is 19.8. The van der Waals surface area contributed by atoms with Gasteiger partial charge in [0.25, 0.3) is 0 Å². The molecule has 0 fully saturated rings. The SMILES string of the molecule is CC(C)P(C(C)C)C(C)C.CC(C)P(C(C)C)C(C)C.C[Si](C)c1ccccc1.[C-]#[O+].[Cl][Ru]. The van der Waals surface area contributed by atoms with Crippen LogP contribution in [0.3, 0.4) is 0 Å². The van der Waals surface area contributed by atoms with Crippen molar-refractivity contribution in [3.8, 4) is 0 Å². The van der Waals surface area contributed by atoms with E-state index in [9.17, 15) is 0 Å². The molecule has 1 aromatic carbocycles. The quantitative estimate of drug-likeness (QED) is 0.125. The van der Waals surface area contributed by atoms with Crippen LogP contribution in [0.5, 0.6) is 0 Å². The Balaban J connectivity index is -0.000000177. The predicted octanol–water partition coefficient (Wildman–Crippen LogP) is 9.68. The van der Waals surface area contributed by atoms with E-state index in [4.69, 9.17) is 4.65 Å². The van der Waals surface area contributed by atoms with Crippen molar-refractivity contribution in [3.05, 3.63) is 37.0 Å². The summed E-state index contributed by atoms with van der Waals surface area (Å²) in [5.74, 6) is 0. The van der Waals surface area contributed by atoms with Crippen molar-refractivity contribution in [2.45, 2.75) is 130 Å². The van der Waals surface area contributed by atoms with Crippen LogP contribution in [0.2, 0.25) is 13.1 Å². The number of hydrogen-bond acceptors (Lipinski definition) is 0. The second-order valence-electron chi connectivity index (χ2n) is 9.82. The first-order chi connectivity index (χ1) is 15.2. The van der Waals surface area contributed by atoms with Gasteiger partial charge in [-0.1, -0.05) is 148 Å². The summed E-state index contributed by atoms with van der Waals surface area (Å²) in [6.45, 7) is 37.3. The minimum absolute atomic E-state index is 0.212. The summed E-state index contributed by atoms with van der Waals surface area (Å²) in [4.78, 5) is 0. The number of hydrogen-bond donors (Lipinski definition) is 0. The summed E-state index contributed by atoms with van der Waals surface area (Å²) in [6.07, 6.45) is 0. The summed E-state index contributed by atoms with van der Waals surface area (Å²) < 4.78 is 7.50. The van der Waals surface area contributed by atoms with E-state index in [1.807, 2.05) is 17.3 Å². The van der Waals surface area contributed by atoms with E-state index in [1.165, 1.54) is 5.19 Å². The van der Waals surface area contributed by atoms with Gasteiger partial charge in [-0.15, -0.1) is 0 Å². The van der Waals surface area contributed by atoms with E-state index in [0.29, 0.717) is 0 Å². The summed E-state index contributed by atoms with van der Waals surface area (Å²) in [5, 5.41) is 1.52. The Morgan fingerprint density at radius 1 is 0.606 bits per heavy atom. The van der Waals surface area contributed by atoms with Gasteiger partial charge in [-0.3, -0.25) is 0 Å². The molecule has 33 heavy (non-hydrogen) atoms. The Bertz CT molecular complexity index is 473. The summed E-state index contributed by atoms with van der Waals surface area (Å²) in [5.41, 5.74) is 5.39. The molecule has 0 aliphatic carbocycles. The van der Waals surface area contributed by atoms with Crippen LogP contribution in [-0.4, -0.2) is 42.8 Å². The summed E-state index contributed by atoms with van der Waals surface area (Å²) in [7, 11) is 4.88. The third-order valence-electron chi connectivity index (χ3n) is 4.93. The maximum atomic E-state index is 7.50. The molecule has 1 rings (SSSR count). The molecule has 0 heterocycles. The molecular formula is C27H53ClOP2RuSi. The molecule has 0 aliphatic heterocycles. The second-order valence-corrected chi connectivity index (χ2v) is 20.4. The van der Waals surface area contributed by atoms with Crippen molar-refractivity contribution in [1.82, 2.24) is 0 Å². The first-order valence-electron chi connectivity index (χ1n) is 12.0. The average molecular weight is 620 g/mol. The molecule has 0 atom stereocenters. The normalized spacial score (nSPS) is 10.6. The summed E-state index contributed by atoms with van der Waals surface area (Å²) in [6, 6.07) is 10.7. The van der Waals surface area contributed by atoms with E-state index in [-0.39, 0.29) is 24.6 Å². The van der Waals surface area contributed by atoms with Gasteiger partial charge in [-0.2, -0.15) is 0 Å². The zero-order valence-electron chi connectivity index (χ0n) is 23.9. The third kappa shape index (κ3) is 23.1. The molecule has 1 nitrogen and oxygen atoms in total. The minimum atomic E-state index is -0.212. The third-order valence-corrected chi connectivity index (χ3v) is 13.6. The molecule has 1 radical (unpaired) electrons. The molecule has 6 heteroatoms. The van der Waals surface area contributed by atoms with Gasteiger partial charge in [0, 0.05) is 0 Å². The van der Waals surface area contributed by atoms with E-state index >= 15 is 0 Å². The monoisotopic (exact) mass is 620 g/mol. The van der Waals surface area contributed by atoms with Gasteiger partial charge in [0.15, 0.2) is 0 Å². The summed E-state index contributed by atoms with van der Waals surface area (Å²) >= 11 is 1.82. The van der Waals surface area contributed by atoms with Crippen LogP contribution in [0.15, 0.2) is 30.3 Å². The molecule has 0 aliphatic rings. The molecule has 0 bridgehead atoms. The van der Waals surface area contributed by atoms with Gasteiger partial charge >= 0.3 is 38.3 Å². The van der Waals surface area contributed by atoms with Gasteiger partial charge in [0.2, 0.25) is 0 Å². The first kappa shape index (κ1) is 41.1. The van der Waals surface area contributed by atoms with E-state index in [1.54, 1.807) is 0 Å². The van der Waals surface area contributed by atoms with Crippen LogP contribution in [0.25, 0.3) is 0 Å². The molecule has 0 aromatic heterocycles. The van der Waals surface area contributed by atoms with Crippen LogP contribution in [-0.2, 0) is 22.0 Å². The van der Waals surface area contributed by atoms with Gasteiger partial charge in [-0.05, 0) is 34.0 Å². The van der Waals surface area contributed by atoms with Gasteiger partial charge in [0.1, 0.15) is 0 Å². The van der Waals surface area contributed by atoms with Gasteiger partial charge in [0.05, 0.1) is 8.80 Å². The Morgan fingerprint density at radius 2 is 0.818 bits per heavy atom. The van der Waals surface area contributed by atoms with Crippen LogP contribution < -0.4 is 5.19 Å². The number of rotatable bonds is 7. The molecule has 0 saturated heterocycles. The van der Waals surface area contributed by atoms with E-state index < -0.39 is 0 Å². The molecule has 1 aromatic rings. The molecule has 196 valence electrons. The topological polar surface area (TPSA) is 19.9 Å². The van der Waals surface area contributed by atoms with Gasteiger partial charge in [-0.25, -0.2) is 0 Å². The zero-order valence-corrected chi connectivity index (χ0v) is 29.2. The Morgan fingerprint density at radius 3 is 0.909 bits per heavy atom. The molecule has 0 N–H and O–H groups in total. The number of halogens is 1. The van der Waals surface area contributed by atoms with Crippen LogP contribution in [0.1, 0.15) is 83.1 Å². The molecule has 0 saturated carbocycles. The fraction of sp³-hybridized carbons (Fsp3) is 0.741. The van der Waals surface area contributed by atoms with E-state index in [0.717, 1.165) is 34.0 Å². The van der Waals surface area contributed by atoms with Crippen molar-refractivity contribution in [1.29, 1.82) is 0 Å². The molecule has 0 amide bonds. The fourth-order valence-corrected chi connectivity index (χ4v) is 12.4. The fourth-order valence-electron chi connectivity index (χ4n) is 4.35. The van der Waals surface area contributed by atoms with E-state index in [2.05, 4.69) is 143 Å². The standard InChI is InChI=1S/2C9H21P.C8H11Si.CO.ClH.Ru/c2*1-7(2)10(8(3)4)9(5)6;1-9(2)8-6-4-3-5-7-8;1-2;;/h2*7-9H,1-6H3;3-7H,1-2H3;;1H;/q;;;;;+1/p-1. The Kier molecular flexibility index (Phi) is 32.4. The van der Waals surface area contributed by atoms with Crippen LogP contribution >= 0.6 is 25.5 Å². The molecule has 0 spiro atoms. The van der Waals surface area contributed by atoms with Crippen molar-refractivity contribution in [2.24, 2.45) is 0 Å². The van der Waals surface area contributed by atoms with Crippen molar-refractivity contribution in [2.75, 3.05) is 0 Å².